The second kappa shape index (κ2) is 8.36. The number of nitrogens with one attached hydrogen (secondary N) is 2. The molecule has 0 unspecified atom stereocenters. The molecule has 1 aromatic heterocycles. The number of anilines is 4. The van der Waals surface area contributed by atoms with Crippen LogP contribution >= 0.6 is 0 Å². The predicted molar refractivity (Wildman–Crippen MR) is 112 cm³/mol. The van der Waals surface area contributed by atoms with Gasteiger partial charge in [-0.1, -0.05) is 19.1 Å². The zero-order valence-electron chi connectivity index (χ0n) is 15.9. The molecule has 138 valence electrons. The highest BCUT2D eigenvalue weighted by molar-refractivity contribution is 6.04. The van der Waals surface area contributed by atoms with Gasteiger partial charge in [-0.2, -0.15) is 0 Å². The molecule has 1 amide bonds. The van der Waals surface area contributed by atoms with Crippen LogP contribution in [0.5, 0.6) is 0 Å². The molecule has 3 rings (SSSR count). The molecule has 5 nitrogen and oxygen atoms in total. The van der Waals surface area contributed by atoms with E-state index in [4.69, 9.17) is 0 Å². The van der Waals surface area contributed by atoms with Crippen LogP contribution in [0.15, 0.2) is 66.9 Å². The fraction of sp³-hybridized carbons (Fsp3) is 0.182. The molecule has 1 heterocycles. The maximum Gasteiger partial charge on any atom is 0.257 e. The average Bonchev–Trinajstić information content (AvgIpc) is 2.69. The summed E-state index contributed by atoms with van der Waals surface area (Å²) in [6.07, 6.45) is 2.59. The van der Waals surface area contributed by atoms with E-state index in [-0.39, 0.29) is 5.91 Å². The number of hydrogen-bond donors (Lipinski definition) is 2. The minimum absolute atomic E-state index is 0.182. The van der Waals surface area contributed by atoms with Gasteiger partial charge in [0.2, 0.25) is 0 Å². The summed E-state index contributed by atoms with van der Waals surface area (Å²) in [7, 11) is 3.96. The number of benzene rings is 2. The summed E-state index contributed by atoms with van der Waals surface area (Å²) in [5.41, 5.74) is 4.61. The van der Waals surface area contributed by atoms with Crippen molar-refractivity contribution >= 4 is 28.8 Å². The molecule has 0 fully saturated rings. The van der Waals surface area contributed by atoms with Crippen molar-refractivity contribution in [2.75, 3.05) is 29.6 Å². The van der Waals surface area contributed by atoms with Gasteiger partial charge in [-0.05, 0) is 60.5 Å². The van der Waals surface area contributed by atoms with Gasteiger partial charge in [0.15, 0.2) is 0 Å². The standard InChI is InChI=1S/C22H24N4O/c1-4-16-5-8-18(9-6-16)24-21-14-7-17(15-23-21)22(27)25-19-10-12-20(13-11-19)26(2)3/h5-15H,4H2,1-3H3,(H,23,24)(H,25,27). The number of nitrogens with zero attached hydrogens (tertiary/aromatic N) is 2. The summed E-state index contributed by atoms with van der Waals surface area (Å²) < 4.78 is 0. The maximum absolute atomic E-state index is 12.4. The number of amides is 1. The molecule has 0 saturated carbocycles. The normalized spacial score (nSPS) is 10.3. The first kappa shape index (κ1) is 18.5. The van der Waals surface area contributed by atoms with E-state index in [0.717, 1.165) is 23.5 Å². The van der Waals surface area contributed by atoms with Gasteiger partial charge in [-0.15, -0.1) is 0 Å². The van der Waals surface area contributed by atoms with Crippen molar-refractivity contribution in [2.24, 2.45) is 0 Å². The summed E-state index contributed by atoms with van der Waals surface area (Å²) in [5, 5.41) is 6.13. The Morgan fingerprint density at radius 1 is 0.926 bits per heavy atom. The number of hydrogen-bond acceptors (Lipinski definition) is 4. The lowest BCUT2D eigenvalue weighted by Gasteiger charge is -2.13. The van der Waals surface area contributed by atoms with E-state index < -0.39 is 0 Å². The molecular formula is C22H24N4O. The number of aromatic nitrogens is 1. The smallest absolute Gasteiger partial charge is 0.257 e. The lowest BCUT2D eigenvalue weighted by molar-refractivity contribution is 0.102. The van der Waals surface area contributed by atoms with Gasteiger partial charge in [0.05, 0.1) is 5.56 Å². The Labute approximate surface area is 160 Å². The number of carbonyl (C=O) groups is 1. The number of aryl methyl sites for hydroxylation is 1. The van der Waals surface area contributed by atoms with E-state index in [1.54, 1.807) is 18.3 Å². The minimum Gasteiger partial charge on any atom is -0.378 e. The zero-order valence-corrected chi connectivity index (χ0v) is 15.9. The summed E-state index contributed by atoms with van der Waals surface area (Å²) in [6.45, 7) is 2.13. The lowest BCUT2D eigenvalue weighted by Crippen LogP contribution is -2.13. The van der Waals surface area contributed by atoms with Gasteiger partial charge in [0, 0.05) is 37.4 Å². The Hall–Kier alpha value is -3.34. The first-order valence-electron chi connectivity index (χ1n) is 8.96. The third kappa shape index (κ3) is 4.85. The average molecular weight is 360 g/mol. The van der Waals surface area contributed by atoms with Crippen LogP contribution < -0.4 is 15.5 Å². The fourth-order valence-electron chi connectivity index (χ4n) is 2.62. The molecule has 0 radical (unpaired) electrons. The van der Waals surface area contributed by atoms with E-state index >= 15 is 0 Å². The summed E-state index contributed by atoms with van der Waals surface area (Å²) in [6, 6.07) is 19.5. The molecule has 0 bridgehead atoms. The largest absolute Gasteiger partial charge is 0.378 e. The third-order valence-electron chi connectivity index (χ3n) is 4.30. The molecular weight excluding hydrogens is 336 g/mol. The SMILES string of the molecule is CCc1ccc(Nc2ccc(C(=O)Nc3ccc(N(C)C)cc3)cn2)cc1. The molecule has 0 aliphatic carbocycles. The van der Waals surface area contributed by atoms with Crippen LogP contribution in [0.25, 0.3) is 0 Å². The second-order valence-corrected chi connectivity index (χ2v) is 6.50. The highest BCUT2D eigenvalue weighted by Crippen LogP contribution is 2.18. The summed E-state index contributed by atoms with van der Waals surface area (Å²) >= 11 is 0. The van der Waals surface area contributed by atoms with E-state index in [1.807, 2.05) is 55.4 Å². The number of carbonyl (C=O) groups excluding carboxylic acids is 1. The quantitative estimate of drug-likeness (QED) is 0.669. The topological polar surface area (TPSA) is 57.3 Å². The predicted octanol–water partition coefficient (Wildman–Crippen LogP) is 4.71. The molecule has 27 heavy (non-hydrogen) atoms. The van der Waals surface area contributed by atoms with Gasteiger partial charge < -0.3 is 15.5 Å². The maximum atomic E-state index is 12.4. The van der Waals surface area contributed by atoms with Crippen LogP contribution in [0.2, 0.25) is 0 Å². The molecule has 0 atom stereocenters. The molecule has 2 aromatic carbocycles. The van der Waals surface area contributed by atoms with Gasteiger partial charge in [-0.3, -0.25) is 4.79 Å². The number of pyridine rings is 1. The van der Waals surface area contributed by atoms with Crippen LogP contribution in [0.4, 0.5) is 22.9 Å². The van der Waals surface area contributed by atoms with Crippen LogP contribution in [-0.2, 0) is 6.42 Å². The van der Waals surface area contributed by atoms with Crippen molar-refractivity contribution in [1.82, 2.24) is 4.98 Å². The van der Waals surface area contributed by atoms with Crippen LogP contribution in [-0.4, -0.2) is 25.0 Å². The van der Waals surface area contributed by atoms with Crippen LogP contribution in [0.1, 0.15) is 22.8 Å². The second-order valence-electron chi connectivity index (χ2n) is 6.50. The Bertz CT molecular complexity index is 885. The fourth-order valence-corrected chi connectivity index (χ4v) is 2.62. The van der Waals surface area contributed by atoms with Crippen molar-refractivity contribution in [3.63, 3.8) is 0 Å². The summed E-state index contributed by atoms with van der Waals surface area (Å²) in [5.74, 6) is 0.519. The van der Waals surface area contributed by atoms with Crippen molar-refractivity contribution in [3.8, 4) is 0 Å². The minimum atomic E-state index is -0.182. The van der Waals surface area contributed by atoms with Crippen molar-refractivity contribution in [3.05, 3.63) is 78.0 Å². The van der Waals surface area contributed by atoms with E-state index in [9.17, 15) is 4.79 Å². The first-order chi connectivity index (χ1) is 13.0. The molecule has 0 saturated heterocycles. The Kier molecular flexibility index (Phi) is 5.71. The highest BCUT2D eigenvalue weighted by atomic mass is 16.1. The first-order valence-corrected chi connectivity index (χ1v) is 8.96. The lowest BCUT2D eigenvalue weighted by atomic mass is 10.1. The molecule has 0 spiro atoms. The monoisotopic (exact) mass is 360 g/mol. The Morgan fingerprint density at radius 2 is 1.59 bits per heavy atom. The van der Waals surface area contributed by atoms with Crippen molar-refractivity contribution < 1.29 is 4.79 Å². The van der Waals surface area contributed by atoms with Gasteiger partial charge >= 0.3 is 0 Å². The van der Waals surface area contributed by atoms with Gasteiger partial charge in [-0.25, -0.2) is 4.98 Å². The van der Waals surface area contributed by atoms with Crippen LogP contribution in [0, 0.1) is 0 Å². The molecule has 5 heteroatoms. The van der Waals surface area contributed by atoms with E-state index in [1.165, 1.54) is 5.56 Å². The molecule has 2 N–H and O–H groups in total. The van der Waals surface area contributed by atoms with E-state index in [0.29, 0.717) is 11.4 Å². The summed E-state index contributed by atoms with van der Waals surface area (Å²) in [4.78, 5) is 18.7. The van der Waals surface area contributed by atoms with Gasteiger partial charge in [0.25, 0.3) is 5.91 Å². The molecule has 3 aromatic rings. The zero-order chi connectivity index (χ0) is 19.2. The van der Waals surface area contributed by atoms with Crippen molar-refractivity contribution in [2.45, 2.75) is 13.3 Å². The molecule has 0 aliphatic rings. The van der Waals surface area contributed by atoms with Crippen molar-refractivity contribution in [1.29, 1.82) is 0 Å². The highest BCUT2D eigenvalue weighted by Gasteiger charge is 2.07. The van der Waals surface area contributed by atoms with Gasteiger partial charge in [0.1, 0.15) is 5.82 Å². The Morgan fingerprint density at radius 3 is 2.15 bits per heavy atom. The van der Waals surface area contributed by atoms with E-state index in [2.05, 4.69) is 34.7 Å². The number of rotatable bonds is 6. The molecule has 0 aliphatic heterocycles. The van der Waals surface area contributed by atoms with Crippen LogP contribution in [0.3, 0.4) is 0 Å². The third-order valence-corrected chi connectivity index (χ3v) is 4.30. The Balaban J connectivity index is 1.62.